The summed E-state index contributed by atoms with van der Waals surface area (Å²) in [6.45, 7) is 6.61. The summed E-state index contributed by atoms with van der Waals surface area (Å²) in [6.07, 6.45) is 2.40. The lowest BCUT2D eigenvalue weighted by atomic mass is 9.97. The van der Waals surface area contributed by atoms with Crippen molar-refractivity contribution < 1.29 is 22.6 Å². The van der Waals surface area contributed by atoms with E-state index in [2.05, 4.69) is 6.58 Å². The first-order valence-corrected chi connectivity index (χ1v) is 10.7. The highest BCUT2D eigenvalue weighted by Gasteiger charge is 2.23. The zero-order valence-corrected chi connectivity index (χ0v) is 17.9. The van der Waals surface area contributed by atoms with E-state index >= 15 is 0 Å². The Morgan fingerprint density at radius 2 is 1.50 bits per heavy atom. The van der Waals surface area contributed by atoms with Gasteiger partial charge in [0.15, 0.2) is 17.9 Å². The van der Waals surface area contributed by atoms with Crippen LogP contribution in [0, 0.1) is 23.4 Å². The summed E-state index contributed by atoms with van der Waals surface area (Å²) >= 11 is 0. The summed E-state index contributed by atoms with van der Waals surface area (Å²) in [5, 5.41) is 0. The van der Waals surface area contributed by atoms with Crippen molar-refractivity contribution in [1.29, 1.82) is 0 Å². The zero-order chi connectivity index (χ0) is 22.7. The molecule has 1 heterocycles. The lowest BCUT2D eigenvalue weighted by molar-refractivity contribution is -0.197. The first-order chi connectivity index (χ1) is 15.5. The quantitative estimate of drug-likeness (QED) is 0.378. The van der Waals surface area contributed by atoms with Gasteiger partial charge in [0.05, 0.1) is 13.2 Å². The average molecular weight is 438 g/mol. The Balaban J connectivity index is 1.55. The highest BCUT2D eigenvalue weighted by Crippen LogP contribution is 2.32. The molecule has 1 fully saturated rings. The Morgan fingerprint density at radius 3 is 2.09 bits per heavy atom. The molecule has 1 saturated heterocycles. The Kier molecular flexibility index (Phi) is 6.77. The minimum absolute atomic E-state index is 0.134. The predicted octanol–water partition coefficient (Wildman–Crippen LogP) is 7.24. The minimum atomic E-state index is -0.856. The molecule has 32 heavy (non-hydrogen) atoms. The highest BCUT2D eigenvalue weighted by atomic mass is 19.2. The number of hydrogen-bond donors (Lipinski definition) is 0. The van der Waals surface area contributed by atoms with Crippen LogP contribution < -0.4 is 0 Å². The molecule has 0 atom stereocenters. The first-order valence-electron chi connectivity index (χ1n) is 10.7. The van der Waals surface area contributed by atoms with Crippen LogP contribution in [0.5, 0.6) is 0 Å². The molecule has 0 spiro atoms. The molecule has 1 aliphatic rings. The lowest BCUT2D eigenvalue weighted by Gasteiger charge is -2.28. The largest absolute Gasteiger partial charge is 0.348 e. The first kappa shape index (κ1) is 22.3. The second-order valence-electron chi connectivity index (χ2n) is 7.96. The summed E-state index contributed by atoms with van der Waals surface area (Å²) in [4.78, 5) is 0. The van der Waals surface area contributed by atoms with E-state index in [4.69, 9.17) is 9.47 Å². The van der Waals surface area contributed by atoms with E-state index in [0.717, 1.165) is 6.42 Å². The fourth-order valence-electron chi connectivity index (χ4n) is 3.86. The highest BCUT2D eigenvalue weighted by molar-refractivity contribution is 5.71. The van der Waals surface area contributed by atoms with E-state index in [-0.39, 0.29) is 11.5 Å². The molecule has 0 unspecified atom stereocenters. The number of ether oxygens (including phenoxy) is 2. The molecular weight excluding hydrogens is 413 g/mol. The molecule has 0 aliphatic carbocycles. The maximum absolute atomic E-state index is 14.9. The van der Waals surface area contributed by atoms with Crippen molar-refractivity contribution >= 4 is 0 Å². The molecule has 0 bridgehead atoms. The van der Waals surface area contributed by atoms with E-state index in [1.54, 1.807) is 54.6 Å². The van der Waals surface area contributed by atoms with Crippen LogP contribution in [0.25, 0.3) is 22.3 Å². The van der Waals surface area contributed by atoms with Crippen LogP contribution in [0.1, 0.15) is 30.8 Å². The Bertz CT molecular complexity index is 1100. The molecule has 3 aromatic carbocycles. The number of hydrogen-bond acceptors (Lipinski definition) is 2. The third-order valence-corrected chi connectivity index (χ3v) is 5.71. The number of benzene rings is 3. The summed E-state index contributed by atoms with van der Waals surface area (Å²) < 4.78 is 55.0. The van der Waals surface area contributed by atoms with Crippen molar-refractivity contribution in [2.24, 2.45) is 5.92 Å². The van der Waals surface area contributed by atoms with E-state index in [9.17, 15) is 13.2 Å². The SMILES string of the molecule is C=CC1COC(c2ccc(-c3ccc(-c4ccc(CCC)c(F)c4F)cc3)c(F)c2)OC1. The van der Waals surface area contributed by atoms with Crippen LogP contribution >= 0.6 is 0 Å². The predicted molar refractivity (Wildman–Crippen MR) is 120 cm³/mol. The van der Waals surface area contributed by atoms with E-state index in [1.165, 1.54) is 6.07 Å². The van der Waals surface area contributed by atoms with Crippen LogP contribution in [0.15, 0.2) is 67.3 Å². The van der Waals surface area contributed by atoms with Gasteiger partial charge >= 0.3 is 0 Å². The van der Waals surface area contributed by atoms with Gasteiger partial charge in [-0.2, -0.15) is 0 Å². The van der Waals surface area contributed by atoms with E-state index < -0.39 is 23.7 Å². The van der Waals surface area contributed by atoms with Crippen LogP contribution in [0.3, 0.4) is 0 Å². The summed E-state index contributed by atoms with van der Waals surface area (Å²) in [6, 6.07) is 14.8. The van der Waals surface area contributed by atoms with E-state index in [0.29, 0.717) is 47.5 Å². The van der Waals surface area contributed by atoms with Crippen molar-refractivity contribution in [1.82, 2.24) is 0 Å². The molecule has 0 aromatic heterocycles. The Morgan fingerprint density at radius 1 is 0.875 bits per heavy atom. The van der Waals surface area contributed by atoms with Crippen LogP contribution in [0.4, 0.5) is 13.2 Å². The minimum Gasteiger partial charge on any atom is -0.348 e. The topological polar surface area (TPSA) is 18.5 Å². The normalized spacial score (nSPS) is 18.5. The molecule has 4 rings (SSSR count). The van der Waals surface area contributed by atoms with Gasteiger partial charge < -0.3 is 9.47 Å². The molecule has 166 valence electrons. The number of aryl methyl sites for hydroxylation is 1. The van der Waals surface area contributed by atoms with Crippen LogP contribution in [-0.2, 0) is 15.9 Å². The lowest BCUT2D eigenvalue weighted by Crippen LogP contribution is -2.25. The third kappa shape index (κ3) is 4.50. The van der Waals surface area contributed by atoms with Gasteiger partial charge in [-0.05, 0) is 29.2 Å². The van der Waals surface area contributed by atoms with Gasteiger partial charge in [-0.25, -0.2) is 13.2 Å². The second-order valence-corrected chi connectivity index (χ2v) is 7.96. The molecule has 2 nitrogen and oxygen atoms in total. The smallest absolute Gasteiger partial charge is 0.183 e. The van der Waals surface area contributed by atoms with Crippen molar-refractivity contribution in [3.8, 4) is 22.3 Å². The van der Waals surface area contributed by atoms with Gasteiger partial charge in [-0.1, -0.05) is 68.0 Å². The van der Waals surface area contributed by atoms with Gasteiger partial charge in [0.1, 0.15) is 5.82 Å². The maximum atomic E-state index is 14.9. The second kappa shape index (κ2) is 9.72. The maximum Gasteiger partial charge on any atom is 0.183 e. The molecular formula is C27H25F3O2. The third-order valence-electron chi connectivity index (χ3n) is 5.71. The monoisotopic (exact) mass is 438 g/mol. The van der Waals surface area contributed by atoms with Gasteiger partial charge in [0, 0.05) is 22.6 Å². The molecule has 1 aliphatic heterocycles. The fourth-order valence-corrected chi connectivity index (χ4v) is 3.86. The van der Waals surface area contributed by atoms with Crippen molar-refractivity contribution in [3.63, 3.8) is 0 Å². The van der Waals surface area contributed by atoms with Crippen LogP contribution in [-0.4, -0.2) is 13.2 Å². The van der Waals surface area contributed by atoms with E-state index in [1.807, 2.05) is 6.92 Å². The average Bonchev–Trinajstić information content (AvgIpc) is 2.82. The van der Waals surface area contributed by atoms with Crippen molar-refractivity contribution in [2.75, 3.05) is 13.2 Å². The number of halogens is 3. The molecule has 0 saturated carbocycles. The van der Waals surface area contributed by atoms with Gasteiger partial charge in [0.25, 0.3) is 0 Å². The molecule has 0 amide bonds. The van der Waals surface area contributed by atoms with Crippen LogP contribution in [0.2, 0.25) is 0 Å². The molecule has 0 N–H and O–H groups in total. The van der Waals surface area contributed by atoms with Gasteiger partial charge in [-0.3, -0.25) is 0 Å². The van der Waals surface area contributed by atoms with Gasteiger partial charge in [0.2, 0.25) is 0 Å². The fraction of sp³-hybridized carbons (Fsp3) is 0.259. The van der Waals surface area contributed by atoms with Crippen molar-refractivity contribution in [2.45, 2.75) is 26.1 Å². The zero-order valence-electron chi connectivity index (χ0n) is 17.9. The summed E-state index contributed by atoms with van der Waals surface area (Å²) in [7, 11) is 0. The van der Waals surface area contributed by atoms with Gasteiger partial charge in [-0.15, -0.1) is 6.58 Å². The Labute approximate surface area is 186 Å². The standard InChI is InChI=1S/C27H25F3O2/c1-3-5-20-10-13-23(26(30)25(20)29)19-8-6-18(7-9-19)22-12-11-21(14-24(22)28)27-31-15-17(4-2)16-32-27/h4,6-14,17,27H,2-3,5,15-16H2,1H3. The molecule has 5 heteroatoms. The Hall–Kier alpha value is -2.89. The number of rotatable bonds is 6. The summed E-state index contributed by atoms with van der Waals surface area (Å²) in [5.41, 5.74) is 2.75. The van der Waals surface area contributed by atoms with Crippen molar-refractivity contribution in [3.05, 3.63) is 95.8 Å². The molecule has 3 aromatic rings. The molecule has 0 radical (unpaired) electrons. The summed E-state index contributed by atoms with van der Waals surface area (Å²) in [5.74, 6) is -1.93.